The van der Waals surface area contributed by atoms with Crippen molar-refractivity contribution in [3.63, 3.8) is 0 Å². The SMILES string of the molecule is Cc1ccc(C(=O)Nc2ccc3ccccc3c2)o1. The molecule has 0 radical (unpaired) electrons. The van der Waals surface area contributed by atoms with Crippen LogP contribution in [0.15, 0.2) is 59.0 Å². The minimum atomic E-state index is -0.233. The molecule has 0 aliphatic carbocycles. The van der Waals surface area contributed by atoms with E-state index >= 15 is 0 Å². The molecule has 0 saturated carbocycles. The fourth-order valence-corrected chi connectivity index (χ4v) is 2.02. The number of aryl methyl sites for hydroxylation is 1. The maximum absolute atomic E-state index is 12.0. The van der Waals surface area contributed by atoms with Gasteiger partial charge in [0.15, 0.2) is 5.76 Å². The molecule has 3 rings (SSSR count). The van der Waals surface area contributed by atoms with Crippen molar-refractivity contribution in [2.75, 3.05) is 5.32 Å². The van der Waals surface area contributed by atoms with Crippen molar-refractivity contribution in [2.24, 2.45) is 0 Å². The third-order valence-corrected chi connectivity index (χ3v) is 2.97. The first-order valence-electron chi connectivity index (χ1n) is 6.09. The molecule has 0 spiro atoms. The number of rotatable bonds is 2. The van der Waals surface area contributed by atoms with Gasteiger partial charge in [-0.3, -0.25) is 4.79 Å². The molecule has 0 saturated heterocycles. The molecule has 0 atom stereocenters. The molecule has 2 aromatic carbocycles. The van der Waals surface area contributed by atoms with Gasteiger partial charge in [-0.15, -0.1) is 0 Å². The van der Waals surface area contributed by atoms with Crippen LogP contribution in [0.3, 0.4) is 0 Å². The van der Waals surface area contributed by atoms with Gasteiger partial charge in [-0.05, 0) is 42.0 Å². The van der Waals surface area contributed by atoms with Crippen LogP contribution in [0.5, 0.6) is 0 Å². The zero-order chi connectivity index (χ0) is 13.2. The topological polar surface area (TPSA) is 42.2 Å². The Morgan fingerprint density at radius 1 is 1.00 bits per heavy atom. The highest BCUT2D eigenvalue weighted by molar-refractivity contribution is 6.03. The summed E-state index contributed by atoms with van der Waals surface area (Å²) in [6.45, 7) is 1.81. The van der Waals surface area contributed by atoms with Gasteiger partial charge >= 0.3 is 0 Å². The standard InChI is InChI=1S/C16H13NO2/c1-11-6-9-15(19-11)16(18)17-14-8-7-12-4-2-3-5-13(12)10-14/h2-10H,1H3,(H,17,18). The Morgan fingerprint density at radius 3 is 2.53 bits per heavy atom. The monoisotopic (exact) mass is 251 g/mol. The van der Waals surface area contributed by atoms with Gasteiger partial charge in [0.05, 0.1) is 0 Å². The molecule has 1 N–H and O–H groups in total. The average Bonchev–Trinajstić information content (AvgIpc) is 2.85. The number of carbonyl (C=O) groups is 1. The van der Waals surface area contributed by atoms with Crippen LogP contribution in [-0.4, -0.2) is 5.91 Å². The lowest BCUT2D eigenvalue weighted by atomic mass is 10.1. The number of anilines is 1. The Labute approximate surface area is 110 Å². The second-order valence-corrected chi connectivity index (χ2v) is 4.43. The molecular formula is C16H13NO2. The molecule has 0 unspecified atom stereocenters. The minimum Gasteiger partial charge on any atom is -0.456 e. The lowest BCUT2D eigenvalue weighted by Gasteiger charge is -2.05. The lowest BCUT2D eigenvalue weighted by Crippen LogP contribution is -2.10. The Kier molecular flexibility index (Phi) is 2.80. The number of nitrogens with one attached hydrogen (secondary N) is 1. The van der Waals surface area contributed by atoms with E-state index in [-0.39, 0.29) is 5.91 Å². The van der Waals surface area contributed by atoms with E-state index < -0.39 is 0 Å². The van der Waals surface area contributed by atoms with Gasteiger partial charge in [-0.25, -0.2) is 0 Å². The van der Waals surface area contributed by atoms with Crippen LogP contribution in [0.1, 0.15) is 16.3 Å². The van der Waals surface area contributed by atoms with E-state index in [4.69, 9.17) is 4.42 Å². The Morgan fingerprint density at radius 2 is 1.79 bits per heavy atom. The van der Waals surface area contributed by atoms with Crippen molar-refractivity contribution in [3.8, 4) is 0 Å². The molecule has 19 heavy (non-hydrogen) atoms. The predicted octanol–water partition coefficient (Wildman–Crippen LogP) is 3.99. The van der Waals surface area contributed by atoms with Crippen LogP contribution in [-0.2, 0) is 0 Å². The zero-order valence-corrected chi connectivity index (χ0v) is 10.5. The van der Waals surface area contributed by atoms with Crippen LogP contribution in [0.4, 0.5) is 5.69 Å². The number of hydrogen-bond donors (Lipinski definition) is 1. The van der Waals surface area contributed by atoms with E-state index in [2.05, 4.69) is 5.32 Å². The molecular weight excluding hydrogens is 238 g/mol. The van der Waals surface area contributed by atoms with E-state index in [0.29, 0.717) is 5.76 Å². The van der Waals surface area contributed by atoms with E-state index in [9.17, 15) is 4.79 Å². The lowest BCUT2D eigenvalue weighted by molar-refractivity contribution is 0.0995. The fraction of sp³-hybridized carbons (Fsp3) is 0.0625. The molecule has 94 valence electrons. The third kappa shape index (κ3) is 2.36. The molecule has 1 heterocycles. The van der Waals surface area contributed by atoms with Crippen molar-refractivity contribution >= 4 is 22.4 Å². The van der Waals surface area contributed by atoms with Gasteiger partial charge in [-0.2, -0.15) is 0 Å². The van der Waals surface area contributed by atoms with Crippen molar-refractivity contribution in [1.82, 2.24) is 0 Å². The summed E-state index contributed by atoms with van der Waals surface area (Å²) in [5.74, 6) is 0.817. The van der Waals surface area contributed by atoms with Gasteiger partial charge in [-0.1, -0.05) is 30.3 Å². The molecule has 3 aromatic rings. The quantitative estimate of drug-likeness (QED) is 0.748. The van der Waals surface area contributed by atoms with Gasteiger partial charge < -0.3 is 9.73 Å². The Bertz CT molecular complexity index is 743. The van der Waals surface area contributed by atoms with E-state index in [1.807, 2.05) is 49.4 Å². The molecule has 3 heteroatoms. The summed E-state index contributed by atoms with van der Waals surface area (Å²) in [5.41, 5.74) is 0.762. The highest BCUT2D eigenvalue weighted by atomic mass is 16.3. The van der Waals surface area contributed by atoms with E-state index in [1.165, 1.54) is 0 Å². The van der Waals surface area contributed by atoms with Crippen molar-refractivity contribution < 1.29 is 9.21 Å². The number of amides is 1. The second kappa shape index (κ2) is 4.61. The summed E-state index contributed by atoms with van der Waals surface area (Å²) in [4.78, 5) is 12.0. The summed E-state index contributed by atoms with van der Waals surface area (Å²) >= 11 is 0. The first kappa shape index (κ1) is 11.5. The number of hydrogen-bond acceptors (Lipinski definition) is 2. The van der Waals surface area contributed by atoms with Gasteiger partial charge in [0.25, 0.3) is 5.91 Å². The summed E-state index contributed by atoms with van der Waals surface area (Å²) in [5, 5.41) is 5.07. The maximum Gasteiger partial charge on any atom is 0.291 e. The first-order chi connectivity index (χ1) is 9.22. The molecule has 0 bridgehead atoms. The van der Waals surface area contributed by atoms with Crippen LogP contribution in [0.25, 0.3) is 10.8 Å². The van der Waals surface area contributed by atoms with Crippen molar-refractivity contribution in [1.29, 1.82) is 0 Å². The van der Waals surface area contributed by atoms with E-state index in [0.717, 1.165) is 22.2 Å². The summed E-state index contributed by atoms with van der Waals surface area (Å²) in [6, 6.07) is 17.3. The number of fused-ring (bicyclic) bond motifs is 1. The predicted molar refractivity (Wildman–Crippen MR) is 75.3 cm³/mol. The third-order valence-electron chi connectivity index (χ3n) is 2.97. The zero-order valence-electron chi connectivity index (χ0n) is 10.5. The average molecular weight is 251 g/mol. The minimum absolute atomic E-state index is 0.233. The normalized spacial score (nSPS) is 10.6. The Hall–Kier alpha value is -2.55. The molecule has 0 fully saturated rings. The summed E-state index contributed by atoms with van der Waals surface area (Å²) < 4.78 is 5.29. The highest BCUT2D eigenvalue weighted by Gasteiger charge is 2.10. The van der Waals surface area contributed by atoms with Crippen LogP contribution in [0, 0.1) is 6.92 Å². The molecule has 0 aliphatic heterocycles. The molecule has 1 aromatic heterocycles. The fourth-order valence-electron chi connectivity index (χ4n) is 2.02. The largest absolute Gasteiger partial charge is 0.456 e. The van der Waals surface area contributed by atoms with E-state index in [1.54, 1.807) is 12.1 Å². The molecule has 0 aliphatic rings. The smallest absolute Gasteiger partial charge is 0.291 e. The van der Waals surface area contributed by atoms with Gasteiger partial charge in [0.1, 0.15) is 5.76 Å². The number of furan rings is 1. The Balaban J connectivity index is 1.87. The maximum atomic E-state index is 12.0. The molecule has 3 nitrogen and oxygen atoms in total. The number of carbonyl (C=O) groups excluding carboxylic acids is 1. The highest BCUT2D eigenvalue weighted by Crippen LogP contribution is 2.19. The van der Waals surface area contributed by atoms with Crippen LogP contribution in [0.2, 0.25) is 0 Å². The van der Waals surface area contributed by atoms with Crippen LogP contribution < -0.4 is 5.32 Å². The van der Waals surface area contributed by atoms with Crippen molar-refractivity contribution in [3.05, 3.63) is 66.1 Å². The van der Waals surface area contributed by atoms with Crippen LogP contribution >= 0.6 is 0 Å². The van der Waals surface area contributed by atoms with Crippen molar-refractivity contribution in [2.45, 2.75) is 6.92 Å². The second-order valence-electron chi connectivity index (χ2n) is 4.43. The van der Waals surface area contributed by atoms with Gasteiger partial charge in [0, 0.05) is 5.69 Å². The molecule has 1 amide bonds. The van der Waals surface area contributed by atoms with Gasteiger partial charge in [0.2, 0.25) is 0 Å². The number of benzene rings is 2. The summed E-state index contributed by atoms with van der Waals surface area (Å²) in [6.07, 6.45) is 0. The summed E-state index contributed by atoms with van der Waals surface area (Å²) in [7, 11) is 0. The first-order valence-corrected chi connectivity index (χ1v) is 6.09.